The second-order valence-electron chi connectivity index (χ2n) is 3.71. The predicted molar refractivity (Wildman–Crippen MR) is 56.3 cm³/mol. The summed E-state index contributed by atoms with van der Waals surface area (Å²) in [6.45, 7) is 1.46. The molecule has 2 rings (SSSR count). The lowest BCUT2D eigenvalue weighted by Crippen LogP contribution is -2.25. The Kier molecular flexibility index (Phi) is 3.72. The molecule has 1 aliphatic rings. The fraction of sp³-hybridized carbons (Fsp3) is 0.500. The van der Waals surface area contributed by atoms with E-state index in [1.54, 1.807) is 0 Å². The summed E-state index contributed by atoms with van der Waals surface area (Å²) in [6.07, 6.45) is 1.04. The van der Waals surface area contributed by atoms with Crippen LogP contribution in [-0.2, 0) is 9.47 Å². The Morgan fingerprint density at radius 3 is 2.53 bits per heavy atom. The largest absolute Gasteiger partial charge is 0.381 e. The van der Waals surface area contributed by atoms with Crippen LogP contribution in [0.15, 0.2) is 30.3 Å². The fourth-order valence-electron chi connectivity index (χ4n) is 1.69. The lowest BCUT2D eigenvalue weighted by molar-refractivity contribution is -0.160. The molecule has 0 spiro atoms. The number of rotatable bonds is 3. The van der Waals surface area contributed by atoms with Crippen LogP contribution in [0.4, 0.5) is 0 Å². The van der Waals surface area contributed by atoms with Gasteiger partial charge in [-0.25, -0.2) is 0 Å². The van der Waals surface area contributed by atoms with Crippen molar-refractivity contribution in [2.45, 2.75) is 25.2 Å². The van der Waals surface area contributed by atoms with Crippen molar-refractivity contribution in [3.8, 4) is 0 Å². The Balaban J connectivity index is 1.88. The van der Waals surface area contributed by atoms with E-state index >= 15 is 0 Å². The Bertz CT molecular complexity index is 280. The zero-order valence-electron chi connectivity index (χ0n) is 8.63. The molecule has 1 fully saturated rings. The zero-order valence-corrected chi connectivity index (χ0v) is 8.63. The van der Waals surface area contributed by atoms with Crippen LogP contribution in [0.2, 0.25) is 0 Å². The smallest absolute Gasteiger partial charge is 0.181 e. The van der Waals surface area contributed by atoms with Crippen molar-refractivity contribution in [2.24, 2.45) is 0 Å². The zero-order chi connectivity index (χ0) is 10.5. The number of aliphatic hydroxyl groups is 1. The van der Waals surface area contributed by atoms with E-state index in [9.17, 15) is 5.11 Å². The molecule has 1 saturated heterocycles. The van der Waals surface area contributed by atoms with E-state index in [1.807, 2.05) is 30.3 Å². The minimum atomic E-state index is -0.811. The second kappa shape index (κ2) is 5.26. The van der Waals surface area contributed by atoms with Gasteiger partial charge in [-0.15, -0.1) is 0 Å². The van der Waals surface area contributed by atoms with Crippen molar-refractivity contribution >= 4 is 0 Å². The number of benzene rings is 1. The molecule has 82 valence electrons. The highest BCUT2D eigenvalue weighted by molar-refractivity contribution is 5.15. The Morgan fingerprint density at radius 2 is 1.87 bits per heavy atom. The number of aliphatic hydroxyl groups excluding tert-OH is 1. The van der Waals surface area contributed by atoms with Gasteiger partial charge < -0.3 is 14.6 Å². The molecule has 0 saturated carbocycles. The quantitative estimate of drug-likeness (QED) is 0.771. The fourth-order valence-corrected chi connectivity index (χ4v) is 1.69. The van der Waals surface area contributed by atoms with E-state index in [0.29, 0.717) is 0 Å². The van der Waals surface area contributed by atoms with Gasteiger partial charge in [-0.2, -0.15) is 0 Å². The molecule has 0 aromatic heterocycles. The van der Waals surface area contributed by atoms with Crippen molar-refractivity contribution in [2.75, 3.05) is 13.2 Å². The maximum absolute atomic E-state index is 9.81. The molecule has 0 aliphatic carbocycles. The molecule has 3 nitrogen and oxygen atoms in total. The van der Waals surface area contributed by atoms with Gasteiger partial charge in [0.25, 0.3) is 0 Å². The summed E-state index contributed by atoms with van der Waals surface area (Å²) in [6, 6.07) is 9.44. The number of hydrogen-bond donors (Lipinski definition) is 1. The standard InChI is InChI=1S/C12H16O3/c13-12(10-4-2-1-3-5-10)15-11-6-8-14-9-7-11/h1-5,11-13H,6-9H2. The minimum Gasteiger partial charge on any atom is -0.381 e. The van der Waals surface area contributed by atoms with Crippen molar-refractivity contribution in [1.29, 1.82) is 0 Å². The molecule has 1 N–H and O–H groups in total. The van der Waals surface area contributed by atoms with Crippen LogP contribution in [-0.4, -0.2) is 24.4 Å². The van der Waals surface area contributed by atoms with Gasteiger partial charge >= 0.3 is 0 Å². The Morgan fingerprint density at radius 1 is 1.20 bits per heavy atom. The average Bonchev–Trinajstić information content (AvgIpc) is 2.31. The van der Waals surface area contributed by atoms with E-state index in [0.717, 1.165) is 31.6 Å². The van der Waals surface area contributed by atoms with Crippen molar-refractivity contribution in [3.05, 3.63) is 35.9 Å². The first-order valence-electron chi connectivity index (χ1n) is 5.32. The SMILES string of the molecule is OC(OC1CCOCC1)c1ccccc1. The first kappa shape index (κ1) is 10.6. The van der Waals surface area contributed by atoms with Crippen molar-refractivity contribution in [1.82, 2.24) is 0 Å². The average molecular weight is 208 g/mol. The van der Waals surface area contributed by atoms with E-state index in [1.165, 1.54) is 0 Å². The lowest BCUT2D eigenvalue weighted by atomic mass is 10.1. The first-order chi connectivity index (χ1) is 7.36. The summed E-state index contributed by atoms with van der Waals surface area (Å²) in [5.41, 5.74) is 0.809. The van der Waals surface area contributed by atoms with Crippen LogP contribution in [0.1, 0.15) is 24.7 Å². The third-order valence-corrected chi connectivity index (χ3v) is 2.57. The van der Waals surface area contributed by atoms with Gasteiger partial charge in [-0.3, -0.25) is 0 Å². The van der Waals surface area contributed by atoms with Gasteiger partial charge in [-0.05, 0) is 12.8 Å². The molecule has 0 bridgehead atoms. The van der Waals surface area contributed by atoms with E-state index < -0.39 is 6.29 Å². The molecule has 1 unspecified atom stereocenters. The highest BCUT2D eigenvalue weighted by Gasteiger charge is 2.18. The summed E-state index contributed by atoms with van der Waals surface area (Å²) >= 11 is 0. The van der Waals surface area contributed by atoms with Gasteiger partial charge in [0.05, 0.1) is 6.10 Å². The summed E-state index contributed by atoms with van der Waals surface area (Å²) in [5.74, 6) is 0. The monoisotopic (exact) mass is 208 g/mol. The molecule has 1 heterocycles. The lowest BCUT2D eigenvalue weighted by Gasteiger charge is -2.25. The van der Waals surface area contributed by atoms with Crippen LogP contribution in [0, 0.1) is 0 Å². The van der Waals surface area contributed by atoms with E-state index in [-0.39, 0.29) is 6.10 Å². The van der Waals surface area contributed by atoms with Crippen molar-refractivity contribution < 1.29 is 14.6 Å². The molecular formula is C12H16O3. The Labute approximate surface area is 89.6 Å². The summed E-state index contributed by atoms with van der Waals surface area (Å²) in [4.78, 5) is 0. The number of ether oxygens (including phenoxy) is 2. The van der Waals surface area contributed by atoms with Gasteiger partial charge in [0, 0.05) is 18.8 Å². The first-order valence-corrected chi connectivity index (χ1v) is 5.32. The molecule has 1 atom stereocenters. The van der Waals surface area contributed by atoms with Gasteiger partial charge in [-0.1, -0.05) is 30.3 Å². The normalized spacial score (nSPS) is 20.1. The van der Waals surface area contributed by atoms with E-state index in [2.05, 4.69) is 0 Å². The molecular weight excluding hydrogens is 192 g/mol. The molecule has 15 heavy (non-hydrogen) atoms. The van der Waals surface area contributed by atoms with Crippen LogP contribution >= 0.6 is 0 Å². The highest BCUT2D eigenvalue weighted by atomic mass is 16.6. The summed E-state index contributed by atoms with van der Waals surface area (Å²) in [5, 5.41) is 9.81. The third-order valence-electron chi connectivity index (χ3n) is 2.57. The van der Waals surface area contributed by atoms with Crippen molar-refractivity contribution in [3.63, 3.8) is 0 Å². The van der Waals surface area contributed by atoms with Crippen LogP contribution in [0.5, 0.6) is 0 Å². The van der Waals surface area contributed by atoms with Gasteiger partial charge in [0.15, 0.2) is 6.29 Å². The van der Waals surface area contributed by atoms with Crippen LogP contribution in [0.25, 0.3) is 0 Å². The maximum Gasteiger partial charge on any atom is 0.181 e. The summed E-state index contributed by atoms with van der Waals surface area (Å²) in [7, 11) is 0. The van der Waals surface area contributed by atoms with Gasteiger partial charge in [0.2, 0.25) is 0 Å². The maximum atomic E-state index is 9.81. The van der Waals surface area contributed by atoms with Crippen LogP contribution < -0.4 is 0 Å². The Hall–Kier alpha value is -0.900. The summed E-state index contributed by atoms with van der Waals surface area (Å²) < 4.78 is 10.8. The van der Waals surface area contributed by atoms with E-state index in [4.69, 9.17) is 9.47 Å². The molecule has 0 radical (unpaired) electrons. The highest BCUT2D eigenvalue weighted by Crippen LogP contribution is 2.20. The molecule has 1 aromatic carbocycles. The van der Waals surface area contributed by atoms with Gasteiger partial charge in [0.1, 0.15) is 0 Å². The number of hydrogen-bond acceptors (Lipinski definition) is 3. The predicted octanol–water partition coefficient (Wildman–Crippen LogP) is 1.87. The van der Waals surface area contributed by atoms with Crippen LogP contribution in [0.3, 0.4) is 0 Å². The molecule has 3 heteroatoms. The molecule has 0 amide bonds. The molecule has 1 aromatic rings. The topological polar surface area (TPSA) is 38.7 Å². The molecule has 1 aliphatic heterocycles. The third kappa shape index (κ3) is 3.02. The minimum absolute atomic E-state index is 0.119. The second-order valence-corrected chi connectivity index (χ2v) is 3.71.